The lowest BCUT2D eigenvalue weighted by Gasteiger charge is -2.13. The molecule has 0 radical (unpaired) electrons. The fourth-order valence-electron chi connectivity index (χ4n) is 2.45. The number of nitrogens with two attached hydrogens (primary N) is 1. The topological polar surface area (TPSA) is 78.7 Å². The van der Waals surface area contributed by atoms with Crippen molar-refractivity contribution < 1.29 is 26.3 Å². The molecule has 2 aromatic carbocycles. The molecule has 0 spiro atoms. The van der Waals surface area contributed by atoms with Crippen molar-refractivity contribution in [3.05, 3.63) is 68.6 Å². The minimum atomic E-state index is -5.06. The molecule has 0 aliphatic rings. The Balaban J connectivity index is 2.07. The predicted molar refractivity (Wildman–Crippen MR) is 90.6 cm³/mol. The molecule has 0 fully saturated rings. The Morgan fingerprint density at radius 2 is 1.52 bits per heavy atom. The van der Waals surface area contributed by atoms with Crippen LogP contribution in [0.3, 0.4) is 0 Å². The fourth-order valence-corrected chi connectivity index (χ4v) is 2.70. The van der Waals surface area contributed by atoms with Crippen molar-refractivity contribution in [1.29, 1.82) is 0 Å². The van der Waals surface area contributed by atoms with Crippen molar-refractivity contribution >= 4 is 17.3 Å². The van der Waals surface area contributed by atoms with Crippen LogP contribution in [0.4, 0.5) is 32.0 Å². The third kappa shape index (κ3) is 4.36. The number of halogens is 7. The van der Waals surface area contributed by atoms with E-state index in [9.17, 15) is 31.1 Å². The zero-order chi connectivity index (χ0) is 21.6. The number of benzene rings is 2. The maximum atomic E-state index is 13.0. The van der Waals surface area contributed by atoms with Crippen LogP contribution in [-0.2, 0) is 18.9 Å². The summed E-state index contributed by atoms with van der Waals surface area (Å²) < 4.78 is 79.1. The molecule has 3 rings (SSSR count). The Morgan fingerprint density at radius 3 is 2.03 bits per heavy atom. The first-order valence-corrected chi connectivity index (χ1v) is 8.10. The van der Waals surface area contributed by atoms with Crippen molar-refractivity contribution in [2.24, 2.45) is 0 Å². The maximum Gasteiger partial charge on any atom is 0.416 e. The Kier molecular flexibility index (Phi) is 5.07. The SMILES string of the molecule is Nc1ccc(Cn2nnn(-c3cc(C(F)(F)F)cc(C(F)(F)F)c3)c2=O)c(Cl)c1. The van der Waals surface area contributed by atoms with Gasteiger partial charge in [-0.25, -0.2) is 4.79 Å². The molecular weight excluding hydrogens is 428 g/mol. The quantitative estimate of drug-likeness (QED) is 0.500. The molecule has 0 saturated carbocycles. The number of nitrogen functional groups attached to an aromatic ring is 1. The van der Waals surface area contributed by atoms with Gasteiger partial charge in [-0.1, -0.05) is 17.7 Å². The summed E-state index contributed by atoms with van der Waals surface area (Å²) in [4.78, 5) is 12.4. The second kappa shape index (κ2) is 7.10. The molecule has 29 heavy (non-hydrogen) atoms. The van der Waals surface area contributed by atoms with Crippen LogP contribution in [0, 0.1) is 0 Å². The highest BCUT2D eigenvalue weighted by Gasteiger charge is 2.37. The Morgan fingerprint density at radius 1 is 0.931 bits per heavy atom. The van der Waals surface area contributed by atoms with E-state index >= 15 is 0 Å². The lowest BCUT2D eigenvalue weighted by Crippen LogP contribution is -2.25. The van der Waals surface area contributed by atoms with E-state index in [1.165, 1.54) is 18.2 Å². The van der Waals surface area contributed by atoms with Crippen molar-refractivity contribution in [1.82, 2.24) is 19.8 Å². The molecule has 0 bridgehead atoms. The van der Waals surface area contributed by atoms with Crippen LogP contribution in [0.15, 0.2) is 41.2 Å². The van der Waals surface area contributed by atoms with Crippen LogP contribution in [0.1, 0.15) is 16.7 Å². The standard InChI is InChI=1S/C16H10ClF6N5O/c17-13-6-11(24)2-1-8(13)7-27-14(29)28(26-25-27)12-4-9(15(18,19)20)3-10(5-12)16(21,22)23/h1-6H,7,24H2. The van der Waals surface area contributed by atoms with Crippen LogP contribution in [0.5, 0.6) is 0 Å². The number of tetrazole rings is 1. The van der Waals surface area contributed by atoms with Gasteiger partial charge in [-0.2, -0.15) is 35.7 Å². The smallest absolute Gasteiger partial charge is 0.399 e. The van der Waals surface area contributed by atoms with Gasteiger partial charge in [0.15, 0.2) is 0 Å². The number of alkyl halides is 6. The molecule has 6 nitrogen and oxygen atoms in total. The molecule has 0 aliphatic heterocycles. The lowest BCUT2D eigenvalue weighted by atomic mass is 10.1. The predicted octanol–water partition coefficient (Wildman–Crippen LogP) is 3.75. The summed E-state index contributed by atoms with van der Waals surface area (Å²) in [5, 5.41) is 7.09. The summed E-state index contributed by atoms with van der Waals surface area (Å²) in [6.07, 6.45) is -10.1. The van der Waals surface area contributed by atoms with Gasteiger partial charge in [0, 0.05) is 10.7 Å². The van der Waals surface area contributed by atoms with Gasteiger partial charge >= 0.3 is 18.0 Å². The Bertz CT molecular complexity index is 1090. The summed E-state index contributed by atoms with van der Waals surface area (Å²) in [5.74, 6) is 0. The molecule has 0 saturated heterocycles. The highest BCUT2D eigenvalue weighted by Crippen LogP contribution is 2.36. The second-order valence-corrected chi connectivity index (χ2v) is 6.35. The molecule has 1 heterocycles. The van der Waals surface area contributed by atoms with E-state index in [1.807, 2.05) is 0 Å². The first-order valence-electron chi connectivity index (χ1n) is 7.73. The van der Waals surface area contributed by atoms with Crippen molar-refractivity contribution in [2.75, 3.05) is 5.73 Å². The van der Waals surface area contributed by atoms with E-state index in [1.54, 1.807) is 0 Å². The van der Waals surface area contributed by atoms with Gasteiger partial charge in [0.1, 0.15) is 0 Å². The first-order chi connectivity index (χ1) is 13.4. The van der Waals surface area contributed by atoms with Crippen molar-refractivity contribution in [3.8, 4) is 5.69 Å². The molecular formula is C16H10ClF6N5O. The van der Waals surface area contributed by atoms with Gasteiger partial charge in [0.2, 0.25) is 0 Å². The normalized spacial score (nSPS) is 12.4. The zero-order valence-electron chi connectivity index (χ0n) is 14.1. The van der Waals surface area contributed by atoms with E-state index in [0.29, 0.717) is 28.1 Å². The number of hydrogen-bond donors (Lipinski definition) is 1. The molecule has 0 unspecified atom stereocenters. The first kappa shape index (κ1) is 20.7. The summed E-state index contributed by atoms with van der Waals surface area (Å²) in [6.45, 7) is -0.219. The molecule has 3 aromatic rings. The van der Waals surface area contributed by atoms with Gasteiger partial charge in [0.05, 0.1) is 23.4 Å². The highest BCUT2D eigenvalue weighted by molar-refractivity contribution is 6.31. The maximum absolute atomic E-state index is 13.0. The highest BCUT2D eigenvalue weighted by atomic mass is 35.5. The number of anilines is 1. The Hall–Kier alpha value is -3.02. The molecule has 0 aliphatic carbocycles. The van der Waals surface area contributed by atoms with Crippen LogP contribution in [0.25, 0.3) is 5.69 Å². The van der Waals surface area contributed by atoms with Gasteiger partial charge in [0.25, 0.3) is 0 Å². The monoisotopic (exact) mass is 437 g/mol. The third-order valence-electron chi connectivity index (χ3n) is 3.85. The number of rotatable bonds is 3. The van der Waals surface area contributed by atoms with E-state index in [0.717, 1.165) is 4.68 Å². The van der Waals surface area contributed by atoms with Crippen LogP contribution >= 0.6 is 11.6 Å². The summed E-state index contributed by atoms with van der Waals surface area (Å²) in [6, 6.07) is 5.12. The van der Waals surface area contributed by atoms with Gasteiger partial charge in [-0.3, -0.25) is 0 Å². The van der Waals surface area contributed by atoms with Crippen molar-refractivity contribution in [2.45, 2.75) is 18.9 Å². The van der Waals surface area contributed by atoms with E-state index in [2.05, 4.69) is 10.4 Å². The van der Waals surface area contributed by atoms with Gasteiger partial charge < -0.3 is 5.73 Å². The van der Waals surface area contributed by atoms with Crippen molar-refractivity contribution in [3.63, 3.8) is 0 Å². The third-order valence-corrected chi connectivity index (χ3v) is 4.21. The lowest BCUT2D eigenvalue weighted by molar-refractivity contribution is -0.143. The Labute approximate surface area is 163 Å². The average Bonchev–Trinajstić information content (AvgIpc) is 2.96. The number of aromatic nitrogens is 4. The summed E-state index contributed by atoms with van der Waals surface area (Å²) in [5.41, 5.74) is 1.38. The van der Waals surface area contributed by atoms with Crippen LogP contribution < -0.4 is 11.4 Å². The summed E-state index contributed by atoms with van der Waals surface area (Å²) in [7, 11) is 0. The minimum absolute atomic E-state index is 0.0485. The fraction of sp³-hybridized carbons (Fsp3) is 0.188. The van der Waals surface area contributed by atoms with Crippen LogP contribution in [-0.4, -0.2) is 19.8 Å². The average molecular weight is 438 g/mol. The van der Waals surface area contributed by atoms with E-state index in [-0.39, 0.29) is 17.6 Å². The molecule has 154 valence electrons. The largest absolute Gasteiger partial charge is 0.416 e. The summed E-state index contributed by atoms with van der Waals surface area (Å²) >= 11 is 6.00. The van der Waals surface area contributed by atoms with Gasteiger partial charge in [-0.05, 0) is 46.3 Å². The second-order valence-electron chi connectivity index (χ2n) is 5.95. The number of nitrogens with zero attached hydrogens (tertiary/aromatic N) is 4. The molecule has 0 atom stereocenters. The van der Waals surface area contributed by atoms with E-state index < -0.39 is 34.9 Å². The molecule has 13 heteroatoms. The molecule has 1 aromatic heterocycles. The zero-order valence-corrected chi connectivity index (χ0v) is 14.8. The molecule has 0 amide bonds. The number of hydrogen-bond acceptors (Lipinski definition) is 4. The van der Waals surface area contributed by atoms with Gasteiger partial charge in [-0.15, -0.1) is 0 Å². The van der Waals surface area contributed by atoms with Crippen LogP contribution in [0.2, 0.25) is 5.02 Å². The minimum Gasteiger partial charge on any atom is -0.399 e. The molecule has 2 N–H and O–H groups in total. The van der Waals surface area contributed by atoms with E-state index in [4.69, 9.17) is 17.3 Å².